The molecule has 0 atom stereocenters. The molecule has 8 nitrogen and oxygen atoms in total. The Bertz CT molecular complexity index is 1150. The summed E-state index contributed by atoms with van der Waals surface area (Å²) in [7, 11) is -3.62. The van der Waals surface area contributed by atoms with Gasteiger partial charge in [0.1, 0.15) is 4.34 Å². The summed E-state index contributed by atoms with van der Waals surface area (Å²) in [6, 6.07) is 7.17. The second kappa shape index (κ2) is 10.1. The second-order valence-electron chi connectivity index (χ2n) is 6.53. The monoisotopic (exact) mass is 502 g/mol. The molecule has 0 radical (unpaired) electrons. The summed E-state index contributed by atoms with van der Waals surface area (Å²) in [5, 5.41) is 10.1. The number of anilines is 1. The third kappa shape index (κ3) is 5.45. The number of hydrogen-bond acceptors (Lipinski definition) is 7. The number of sulfonamides is 1. The van der Waals surface area contributed by atoms with Crippen LogP contribution in [0.4, 0.5) is 6.01 Å². The average molecular weight is 503 g/mol. The van der Waals surface area contributed by atoms with Crippen LogP contribution in [0.2, 0.25) is 8.67 Å². The number of halogens is 2. The fraction of sp³-hybridized carbons (Fsp3) is 0.316. The molecule has 2 heterocycles. The summed E-state index contributed by atoms with van der Waals surface area (Å²) < 4.78 is 33.4. The van der Waals surface area contributed by atoms with Crippen molar-refractivity contribution in [3.8, 4) is 11.5 Å². The zero-order valence-electron chi connectivity index (χ0n) is 16.8. The maximum absolute atomic E-state index is 12.8. The van der Waals surface area contributed by atoms with E-state index in [0.29, 0.717) is 40.2 Å². The van der Waals surface area contributed by atoms with Gasteiger partial charge in [0.25, 0.3) is 11.8 Å². The fourth-order valence-corrected chi connectivity index (χ4v) is 5.89. The lowest BCUT2D eigenvalue weighted by Crippen LogP contribution is -2.32. The molecule has 0 aliphatic heterocycles. The number of nitrogens with zero attached hydrogens (tertiary/aromatic N) is 3. The van der Waals surface area contributed by atoms with Crippen LogP contribution in [-0.2, 0) is 10.0 Å². The molecule has 3 aromatic rings. The minimum Gasteiger partial charge on any atom is -0.403 e. The largest absolute Gasteiger partial charge is 0.403 e. The summed E-state index contributed by atoms with van der Waals surface area (Å²) >= 11 is 13.1. The van der Waals surface area contributed by atoms with Gasteiger partial charge in [0.15, 0.2) is 0 Å². The van der Waals surface area contributed by atoms with Gasteiger partial charge in [0.2, 0.25) is 10.0 Å². The quantitative estimate of drug-likeness (QED) is 0.432. The zero-order chi connectivity index (χ0) is 22.6. The van der Waals surface area contributed by atoms with Crippen molar-refractivity contribution < 1.29 is 17.6 Å². The minimum absolute atomic E-state index is 0.118. The normalized spacial score (nSPS) is 11.8. The van der Waals surface area contributed by atoms with E-state index in [1.165, 1.54) is 28.6 Å². The van der Waals surface area contributed by atoms with Crippen LogP contribution in [0, 0.1) is 0 Å². The number of nitrogens with one attached hydrogen (secondary N) is 1. The van der Waals surface area contributed by atoms with Crippen LogP contribution >= 0.6 is 34.5 Å². The van der Waals surface area contributed by atoms with Gasteiger partial charge in [0.05, 0.1) is 14.8 Å². The van der Waals surface area contributed by atoms with E-state index in [-0.39, 0.29) is 22.4 Å². The molecular formula is C19H20Cl2N4O4S2. The van der Waals surface area contributed by atoms with Crippen LogP contribution in [-0.4, -0.2) is 41.9 Å². The zero-order valence-corrected chi connectivity index (χ0v) is 19.9. The fourth-order valence-electron chi connectivity index (χ4n) is 2.82. The number of amides is 1. The van der Waals surface area contributed by atoms with Crippen LogP contribution < -0.4 is 5.32 Å². The van der Waals surface area contributed by atoms with Crippen molar-refractivity contribution in [2.45, 2.75) is 31.6 Å². The highest BCUT2D eigenvalue weighted by Gasteiger charge is 2.23. The van der Waals surface area contributed by atoms with Crippen LogP contribution in [0.15, 0.2) is 39.6 Å². The van der Waals surface area contributed by atoms with Crippen LogP contribution in [0.1, 0.15) is 37.0 Å². The predicted octanol–water partition coefficient (Wildman–Crippen LogP) is 5.17. The summed E-state index contributed by atoms with van der Waals surface area (Å²) in [5.74, 6) is -0.399. The lowest BCUT2D eigenvalue weighted by Gasteiger charge is -2.21. The molecule has 1 N–H and O–H groups in total. The van der Waals surface area contributed by atoms with Crippen LogP contribution in [0.25, 0.3) is 11.5 Å². The Labute approximate surface area is 194 Å². The van der Waals surface area contributed by atoms with Crippen molar-refractivity contribution >= 4 is 56.5 Å². The van der Waals surface area contributed by atoms with E-state index >= 15 is 0 Å². The molecule has 0 saturated heterocycles. The van der Waals surface area contributed by atoms with Crippen molar-refractivity contribution in [2.24, 2.45) is 0 Å². The highest BCUT2D eigenvalue weighted by molar-refractivity contribution is 7.89. The summed E-state index contributed by atoms with van der Waals surface area (Å²) in [5.41, 5.74) is 0.718. The summed E-state index contributed by atoms with van der Waals surface area (Å²) in [6.07, 6.45) is 1.43. The Balaban J connectivity index is 1.73. The maximum Gasteiger partial charge on any atom is 0.322 e. The van der Waals surface area contributed by atoms with Gasteiger partial charge in [0, 0.05) is 18.7 Å². The molecule has 0 fully saturated rings. The first-order valence-electron chi connectivity index (χ1n) is 9.46. The molecule has 3 rings (SSSR count). The Morgan fingerprint density at radius 2 is 1.77 bits per heavy atom. The van der Waals surface area contributed by atoms with Crippen molar-refractivity contribution in [1.29, 1.82) is 0 Å². The van der Waals surface area contributed by atoms with E-state index in [9.17, 15) is 13.2 Å². The number of carbonyl (C=O) groups excluding carboxylic acids is 1. The van der Waals surface area contributed by atoms with E-state index in [0.717, 1.165) is 11.3 Å². The first kappa shape index (κ1) is 23.7. The van der Waals surface area contributed by atoms with Gasteiger partial charge in [-0.1, -0.05) is 42.1 Å². The Hall–Kier alpha value is -1.98. The molecule has 0 unspecified atom stereocenters. The van der Waals surface area contributed by atoms with E-state index in [1.54, 1.807) is 6.07 Å². The number of aromatic nitrogens is 2. The lowest BCUT2D eigenvalue weighted by molar-refractivity contribution is 0.102. The minimum atomic E-state index is -3.62. The smallest absolute Gasteiger partial charge is 0.322 e. The standard InChI is InChI=1S/C19H20Cl2N4O4S2/c1-3-9-25(10-4-2)31(27,28)13-7-5-12(6-8-13)17(26)22-19-24-23-18(29-19)14-11-15(20)30-16(14)21/h5-8,11H,3-4,9-10H2,1-2H3,(H,22,24,26). The van der Waals surface area contributed by atoms with Crippen molar-refractivity contribution in [1.82, 2.24) is 14.5 Å². The van der Waals surface area contributed by atoms with Gasteiger partial charge in [-0.25, -0.2) is 8.42 Å². The lowest BCUT2D eigenvalue weighted by atomic mass is 10.2. The second-order valence-corrected chi connectivity index (χ2v) is 10.8. The van der Waals surface area contributed by atoms with E-state index in [2.05, 4.69) is 15.5 Å². The number of thiophene rings is 1. The predicted molar refractivity (Wildman–Crippen MR) is 121 cm³/mol. The molecular weight excluding hydrogens is 483 g/mol. The van der Waals surface area contributed by atoms with Crippen molar-refractivity contribution in [2.75, 3.05) is 18.4 Å². The first-order valence-corrected chi connectivity index (χ1v) is 12.5. The third-order valence-electron chi connectivity index (χ3n) is 4.23. The van der Waals surface area contributed by atoms with Gasteiger partial charge in [-0.2, -0.15) is 4.31 Å². The SMILES string of the molecule is CCCN(CCC)S(=O)(=O)c1ccc(C(=O)Nc2nnc(-c3cc(Cl)sc3Cl)o2)cc1. The molecule has 1 amide bonds. The molecule has 166 valence electrons. The molecule has 2 aromatic heterocycles. The number of rotatable bonds is 9. The Kier molecular flexibility index (Phi) is 7.71. The molecule has 31 heavy (non-hydrogen) atoms. The Morgan fingerprint density at radius 3 is 2.32 bits per heavy atom. The molecule has 12 heteroatoms. The molecule has 0 spiro atoms. The molecule has 0 bridgehead atoms. The third-order valence-corrected chi connectivity index (χ3v) is 7.63. The number of hydrogen-bond donors (Lipinski definition) is 1. The van der Waals surface area contributed by atoms with Crippen molar-refractivity contribution in [3.05, 3.63) is 44.6 Å². The van der Waals surface area contributed by atoms with Gasteiger partial charge >= 0.3 is 6.01 Å². The van der Waals surface area contributed by atoms with E-state index in [1.807, 2.05) is 13.8 Å². The topological polar surface area (TPSA) is 105 Å². The average Bonchev–Trinajstić information content (AvgIpc) is 3.33. The summed E-state index contributed by atoms with van der Waals surface area (Å²) in [6.45, 7) is 4.74. The molecule has 0 saturated carbocycles. The number of carbonyl (C=O) groups is 1. The first-order chi connectivity index (χ1) is 14.8. The summed E-state index contributed by atoms with van der Waals surface area (Å²) in [4.78, 5) is 12.6. The van der Waals surface area contributed by atoms with Crippen LogP contribution in [0.5, 0.6) is 0 Å². The van der Waals surface area contributed by atoms with Gasteiger partial charge < -0.3 is 4.42 Å². The highest BCUT2D eigenvalue weighted by atomic mass is 35.5. The van der Waals surface area contributed by atoms with Gasteiger partial charge in [-0.15, -0.1) is 16.4 Å². The maximum atomic E-state index is 12.8. The van der Waals surface area contributed by atoms with Gasteiger partial charge in [-0.3, -0.25) is 10.1 Å². The molecule has 0 aliphatic carbocycles. The molecule has 1 aromatic carbocycles. The van der Waals surface area contributed by atoms with Gasteiger partial charge in [-0.05, 0) is 43.2 Å². The van der Waals surface area contributed by atoms with E-state index < -0.39 is 15.9 Å². The van der Waals surface area contributed by atoms with Crippen molar-refractivity contribution in [3.63, 3.8) is 0 Å². The number of benzene rings is 1. The van der Waals surface area contributed by atoms with E-state index in [4.69, 9.17) is 27.6 Å². The highest BCUT2D eigenvalue weighted by Crippen LogP contribution is 2.37. The molecule has 0 aliphatic rings. The van der Waals surface area contributed by atoms with Crippen LogP contribution in [0.3, 0.4) is 0 Å². The Morgan fingerprint density at radius 1 is 1.13 bits per heavy atom.